The fraction of sp³-hybridized carbons (Fsp3) is 0.471. The van der Waals surface area contributed by atoms with Gasteiger partial charge >= 0.3 is 0 Å². The van der Waals surface area contributed by atoms with Crippen molar-refractivity contribution in [3.8, 4) is 16.9 Å². The van der Waals surface area contributed by atoms with Crippen molar-refractivity contribution in [1.82, 2.24) is 10.2 Å². The predicted molar refractivity (Wildman–Crippen MR) is 87.5 cm³/mol. The number of anilines is 1. The maximum absolute atomic E-state index is 6.10. The van der Waals surface area contributed by atoms with Crippen LogP contribution in [0, 0.1) is 0 Å². The molecule has 0 amide bonds. The second-order valence-electron chi connectivity index (χ2n) is 5.40. The average molecular weight is 287 g/mol. The summed E-state index contributed by atoms with van der Waals surface area (Å²) < 4.78 is 5.22. The Morgan fingerprint density at radius 1 is 1.14 bits per heavy atom. The molecular weight excluding hydrogens is 262 g/mol. The molecule has 0 aliphatic carbocycles. The maximum atomic E-state index is 6.10. The molecule has 0 unspecified atom stereocenters. The Bertz CT molecular complexity index is 554. The molecule has 1 aromatic carbocycles. The lowest BCUT2D eigenvalue weighted by Crippen LogP contribution is -2.01. The van der Waals surface area contributed by atoms with Gasteiger partial charge in [0.05, 0.1) is 7.11 Å². The Morgan fingerprint density at radius 3 is 2.29 bits per heavy atom. The van der Waals surface area contributed by atoms with Crippen molar-refractivity contribution >= 4 is 5.82 Å². The summed E-state index contributed by atoms with van der Waals surface area (Å²) in [5, 5.41) is 7.41. The molecule has 0 radical (unpaired) electrons. The lowest BCUT2D eigenvalue weighted by Gasteiger charge is -2.16. The van der Waals surface area contributed by atoms with Gasteiger partial charge in [0.2, 0.25) is 0 Å². The first kappa shape index (κ1) is 15.4. The Labute approximate surface area is 126 Å². The zero-order valence-corrected chi connectivity index (χ0v) is 13.1. The van der Waals surface area contributed by atoms with Gasteiger partial charge in [-0.2, -0.15) is 5.10 Å². The number of aromatic amines is 1. The lowest BCUT2D eigenvalue weighted by molar-refractivity contribution is 0.415. The molecule has 0 bridgehead atoms. The summed E-state index contributed by atoms with van der Waals surface area (Å²) in [5.74, 6) is 1.91. The summed E-state index contributed by atoms with van der Waals surface area (Å²) in [6.07, 6.45) is 4.62. The first-order chi connectivity index (χ1) is 10.2. The van der Waals surface area contributed by atoms with E-state index in [1.807, 2.05) is 24.3 Å². The minimum absolute atomic E-state index is 0.488. The van der Waals surface area contributed by atoms with Crippen LogP contribution in [0.1, 0.15) is 51.1 Å². The predicted octanol–water partition coefficient (Wildman–Crippen LogP) is 4.35. The van der Waals surface area contributed by atoms with Gasteiger partial charge in [-0.25, -0.2) is 0 Å². The number of hydrogen-bond donors (Lipinski definition) is 2. The summed E-state index contributed by atoms with van der Waals surface area (Å²) in [6.45, 7) is 4.44. The fourth-order valence-electron chi connectivity index (χ4n) is 2.86. The number of aromatic nitrogens is 2. The van der Waals surface area contributed by atoms with Gasteiger partial charge in [0.15, 0.2) is 5.82 Å². The van der Waals surface area contributed by atoms with Crippen molar-refractivity contribution in [3.63, 3.8) is 0 Å². The Morgan fingerprint density at radius 2 is 1.76 bits per heavy atom. The van der Waals surface area contributed by atoms with Crippen LogP contribution < -0.4 is 10.5 Å². The van der Waals surface area contributed by atoms with Gasteiger partial charge in [-0.15, -0.1) is 0 Å². The van der Waals surface area contributed by atoms with E-state index in [4.69, 9.17) is 10.5 Å². The summed E-state index contributed by atoms with van der Waals surface area (Å²) in [7, 11) is 1.67. The van der Waals surface area contributed by atoms with E-state index < -0.39 is 0 Å². The molecular formula is C17H25N3O. The van der Waals surface area contributed by atoms with Gasteiger partial charge in [0.1, 0.15) is 5.75 Å². The van der Waals surface area contributed by atoms with Crippen LogP contribution in [-0.4, -0.2) is 17.3 Å². The molecule has 0 atom stereocenters. The van der Waals surface area contributed by atoms with Crippen molar-refractivity contribution in [2.24, 2.45) is 0 Å². The van der Waals surface area contributed by atoms with Gasteiger partial charge in [-0.1, -0.05) is 38.8 Å². The highest BCUT2D eigenvalue weighted by atomic mass is 16.5. The monoisotopic (exact) mass is 287 g/mol. The van der Waals surface area contributed by atoms with Crippen molar-refractivity contribution in [1.29, 1.82) is 0 Å². The molecule has 0 spiro atoms. The number of benzene rings is 1. The summed E-state index contributed by atoms with van der Waals surface area (Å²) in [6, 6.07) is 8.00. The van der Waals surface area contributed by atoms with Crippen LogP contribution in [0.25, 0.3) is 11.1 Å². The first-order valence-corrected chi connectivity index (χ1v) is 7.69. The average Bonchev–Trinajstić information content (AvgIpc) is 2.89. The smallest absolute Gasteiger partial charge is 0.153 e. The molecule has 0 aliphatic heterocycles. The quantitative estimate of drug-likeness (QED) is 0.795. The van der Waals surface area contributed by atoms with Crippen LogP contribution in [0.3, 0.4) is 0 Å². The minimum Gasteiger partial charge on any atom is -0.497 e. The molecule has 1 aromatic heterocycles. The number of methoxy groups -OCH3 is 1. The van der Waals surface area contributed by atoms with Crippen LogP contribution in [0.5, 0.6) is 5.75 Å². The van der Waals surface area contributed by atoms with Crippen molar-refractivity contribution in [2.75, 3.05) is 12.8 Å². The van der Waals surface area contributed by atoms with E-state index in [0.717, 1.165) is 42.6 Å². The Kier molecular flexibility index (Phi) is 5.26. The van der Waals surface area contributed by atoms with Crippen LogP contribution in [0.15, 0.2) is 24.3 Å². The largest absolute Gasteiger partial charge is 0.497 e. The number of ether oxygens (including phenoxy) is 1. The van der Waals surface area contributed by atoms with Crippen LogP contribution >= 0.6 is 0 Å². The van der Waals surface area contributed by atoms with Crippen LogP contribution in [0.4, 0.5) is 5.82 Å². The van der Waals surface area contributed by atoms with Gasteiger partial charge in [-0.05, 0) is 30.5 Å². The molecule has 3 N–H and O–H groups in total. The molecule has 1 heterocycles. The van der Waals surface area contributed by atoms with Crippen molar-refractivity contribution in [3.05, 3.63) is 30.0 Å². The molecule has 114 valence electrons. The summed E-state index contributed by atoms with van der Waals surface area (Å²) in [4.78, 5) is 0. The van der Waals surface area contributed by atoms with E-state index >= 15 is 0 Å². The Hall–Kier alpha value is -1.97. The number of rotatable bonds is 7. The van der Waals surface area contributed by atoms with E-state index in [0.29, 0.717) is 11.7 Å². The molecule has 4 nitrogen and oxygen atoms in total. The third-order valence-corrected chi connectivity index (χ3v) is 3.88. The number of nitrogens with two attached hydrogens (primary N) is 1. The minimum atomic E-state index is 0.488. The highest BCUT2D eigenvalue weighted by Gasteiger charge is 2.20. The van der Waals surface area contributed by atoms with Gasteiger partial charge in [0.25, 0.3) is 0 Å². The first-order valence-electron chi connectivity index (χ1n) is 7.69. The maximum Gasteiger partial charge on any atom is 0.153 e. The van der Waals surface area contributed by atoms with E-state index in [1.54, 1.807) is 7.11 Å². The molecule has 0 saturated heterocycles. The van der Waals surface area contributed by atoms with Gasteiger partial charge < -0.3 is 10.5 Å². The fourth-order valence-corrected chi connectivity index (χ4v) is 2.86. The third-order valence-electron chi connectivity index (χ3n) is 3.88. The third kappa shape index (κ3) is 3.38. The molecule has 4 heteroatoms. The number of nitrogens with zero attached hydrogens (tertiary/aromatic N) is 1. The zero-order valence-electron chi connectivity index (χ0n) is 13.1. The SMILES string of the molecule is CCCC(CCC)c1[nH]nc(N)c1-c1ccc(OC)cc1. The van der Waals surface area contributed by atoms with Crippen LogP contribution in [0.2, 0.25) is 0 Å². The van der Waals surface area contributed by atoms with Gasteiger partial charge in [0, 0.05) is 17.2 Å². The number of hydrogen-bond acceptors (Lipinski definition) is 3. The van der Waals surface area contributed by atoms with Crippen molar-refractivity contribution < 1.29 is 4.74 Å². The van der Waals surface area contributed by atoms with E-state index in [1.165, 1.54) is 5.69 Å². The standard InChI is InChI=1S/C17H25N3O/c1-4-6-13(7-5-2)16-15(17(18)20-19-16)12-8-10-14(21-3)11-9-12/h8-11,13H,4-7H2,1-3H3,(H3,18,19,20). The van der Waals surface area contributed by atoms with Crippen LogP contribution in [-0.2, 0) is 0 Å². The molecule has 21 heavy (non-hydrogen) atoms. The molecule has 0 saturated carbocycles. The number of nitrogen functional groups attached to an aromatic ring is 1. The van der Waals surface area contributed by atoms with Crippen molar-refractivity contribution in [2.45, 2.75) is 45.4 Å². The van der Waals surface area contributed by atoms with E-state index in [9.17, 15) is 0 Å². The summed E-state index contributed by atoms with van der Waals surface area (Å²) in [5.41, 5.74) is 9.41. The lowest BCUT2D eigenvalue weighted by atomic mass is 9.90. The second-order valence-corrected chi connectivity index (χ2v) is 5.40. The topological polar surface area (TPSA) is 63.9 Å². The molecule has 0 fully saturated rings. The highest BCUT2D eigenvalue weighted by Crippen LogP contribution is 2.36. The second kappa shape index (κ2) is 7.16. The Balaban J connectivity index is 2.40. The van der Waals surface area contributed by atoms with E-state index in [2.05, 4.69) is 24.0 Å². The zero-order chi connectivity index (χ0) is 15.2. The molecule has 2 rings (SSSR count). The molecule has 2 aromatic rings. The van der Waals surface area contributed by atoms with Gasteiger partial charge in [-0.3, -0.25) is 5.10 Å². The number of nitrogens with one attached hydrogen (secondary N) is 1. The van der Waals surface area contributed by atoms with E-state index in [-0.39, 0.29) is 0 Å². The normalized spacial score (nSPS) is 11.0. The number of H-pyrrole nitrogens is 1. The highest BCUT2D eigenvalue weighted by molar-refractivity contribution is 5.77. The summed E-state index contributed by atoms with van der Waals surface area (Å²) >= 11 is 0. The molecule has 0 aliphatic rings.